The summed E-state index contributed by atoms with van der Waals surface area (Å²) in [6.07, 6.45) is 8.18. The number of hydrogen-bond donors (Lipinski definition) is 4. The highest BCUT2D eigenvalue weighted by molar-refractivity contribution is 4.80. The molecule has 0 aromatic heterocycles. The molecule has 0 aromatic rings. The molecule has 1 aliphatic carbocycles. The van der Waals surface area contributed by atoms with Crippen LogP contribution in [-0.2, 0) is 0 Å². The fourth-order valence-corrected chi connectivity index (χ4v) is 2.24. The first-order valence-electron chi connectivity index (χ1n) is 7.18. The summed E-state index contributed by atoms with van der Waals surface area (Å²) in [6.45, 7) is 2.40. The maximum atomic E-state index is 8.98. The number of aliphatic hydroxyl groups is 4. The summed E-state index contributed by atoms with van der Waals surface area (Å²) >= 11 is 0. The molecule has 1 saturated carbocycles. The van der Waals surface area contributed by atoms with Gasteiger partial charge >= 0.3 is 0 Å². The molecule has 0 atom stereocenters. The van der Waals surface area contributed by atoms with Crippen molar-refractivity contribution in [3.05, 3.63) is 0 Å². The molecule has 0 unspecified atom stereocenters. The van der Waals surface area contributed by atoms with Gasteiger partial charge in [-0.1, -0.05) is 39.0 Å². The number of rotatable bonds is 6. The molecule has 0 radical (unpaired) electrons. The zero-order chi connectivity index (χ0) is 13.9. The lowest BCUT2D eigenvalue weighted by molar-refractivity contribution is -0.0465. The summed E-state index contributed by atoms with van der Waals surface area (Å²) in [5, 5.41) is 34.6. The molecule has 0 aliphatic heterocycles. The first kappa shape index (κ1) is 17.8. The topological polar surface area (TPSA) is 80.9 Å². The quantitative estimate of drug-likeness (QED) is 0.434. The van der Waals surface area contributed by atoms with Crippen molar-refractivity contribution >= 4 is 0 Å². The summed E-state index contributed by atoms with van der Waals surface area (Å²) < 4.78 is 0. The molecule has 0 heterocycles. The Balaban J connectivity index is 0.000000331. The lowest BCUT2D eigenvalue weighted by Gasteiger charge is -2.33. The van der Waals surface area contributed by atoms with E-state index in [0.717, 1.165) is 32.1 Å². The first-order chi connectivity index (χ1) is 8.60. The van der Waals surface area contributed by atoms with E-state index in [-0.39, 0.29) is 18.6 Å². The standard InChI is InChI=1S/C8H16O2.C6H14O2/c9-6-8(7-10)4-2-1-3-5-8;1-2-3-4-5-6(7)8/h9-10H,1-7H2;6-8H,2-5H2,1H3. The smallest absolute Gasteiger partial charge is 0.151 e. The predicted molar refractivity (Wildman–Crippen MR) is 72.1 cm³/mol. The highest BCUT2D eigenvalue weighted by Gasteiger charge is 2.30. The summed E-state index contributed by atoms with van der Waals surface area (Å²) in [4.78, 5) is 0. The Bertz CT molecular complexity index is 171. The van der Waals surface area contributed by atoms with Gasteiger partial charge in [0, 0.05) is 5.41 Å². The molecule has 0 spiro atoms. The van der Waals surface area contributed by atoms with E-state index in [1.807, 2.05) is 0 Å². The molecule has 1 aliphatic rings. The van der Waals surface area contributed by atoms with E-state index in [1.165, 1.54) is 19.3 Å². The monoisotopic (exact) mass is 262 g/mol. The molecule has 4 heteroatoms. The Morgan fingerprint density at radius 1 is 0.944 bits per heavy atom. The second kappa shape index (κ2) is 10.7. The van der Waals surface area contributed by atoms with E-state index in [0.29, 0.717) is 6.42 Å². The summed E-state index contributed by atoms with van der Waals surface area (Å²) in [5.41, 5.74) is -0.127. The van der Waals surface area contributed by atoms with E-state index < -0.39 is 6.29 Å². The van der Waals surface area contributed by atoms with Crippen molar-refractivity contribution in [2.75, 3.05) is 13.2 Å². The van der Waals surface area contributed by atoms with E-state index in [4.69, 9.17) is 20.4 Å². The number of aliphatic hydroxyl groups excluding tert-OH is 3. The summed E-state index contributed by atoms with van der Waals surface area (Å²) in [5.74, 6) is 0. The maximum absolute atomic E-state index is 8.98. The Morgan fingerprint density at radius 2 is 1.50 bits per heavy atom. The van der Waals surface area contributed by atoms with Gasteiger partial charge in [-0.2, -0.15) is 0 Å². The van der Waals surface area contributed by atoms with Crippen molar-refractivity contribution in [2.24, 2.45) is 5.41 Å². The van der Waals surface area contributed by atoms with Gasteiger partial charge in [0.2, 0.25) is 0 Å². The molecule has 110 valence electrons. The van der Waals surface area contributed by atoms with Crippen molar-refractivity contribution in [3.8, 4) is 0 Å². The largest absolute Gasteiger partial charge is 0.396 e. The van der Waals surface area contributed by atoms with Crippen LogP contribution in [-0.4, -0.2) is 39.9 Å². The van der Waals surface area contributed by atoms with Crippen molar-refractivity contribution in [3.63, 3.8) is 0 Å². The van der Waals surface area contributed by atoms with Gasteiger partial charge in [0.1, 0.15) is 0 Å². The van der Waals surface area contributed by atoms with Gasteiger partial charge < -0.3 is 20.4 Å². The Morgan fingerprint density at radius 3 is 1.83 bits per heavy atom. The van der Waals surface area contributed by atoms with Crippen LogP contribution in [0.4, 0.5) is 0 Å². The minimum absolute atomic E-state index is 0.127. The number of hydrogen-bond acceptors (Lipinski definition) is 4. The first-order valence-corrected chi connectivity index (χ1v) is 7.18. The van der Waals surface area contributed by atoms with Gasteiger partial charge in [-0.25, -0.2) is 0 Å². The maximum Gasteiger partial charge on any atom is 0.151 e. The number of unbranched alkanes of at least 4 members (excludes halogenated alkanes) is 2. The van der Waals surface area contributed by atoms with E-state index in [9.17, 15) is 0 Å². The Labute approximate surface area is 111 Å². The molecule has 0 amide bonds. The average Bonchev–Trinajstić information content (AvgIpc) is 2.40. The third-order valence-electron chi connectivity index (χ3n) is 3.65. The van der Waals surface area contributed by atoms with E-state index in [1.54, 1.807) is 0 Å². The SMILES string of the molecule is CCCCCC(O)O.OCC1(CO)CCCCC1. The molecule has 0 bridgehead atoms. The van der Waals surface area contributed by atoms with Crippen LogP contribution < -0.4 is 0 Å². The van der Waals surface area contributed by atoms with Crippen LogP contribution >= 0.6 is 0 Å². The lowest BCUT2D eigenvalue weighted by atomic mass is 9.75. The van der Waals surface area contributed by atoms with Crippen LogP contribution in [0.5, 0.6) is 0 Å². The van der Waals surface area contributed by atoms with Crippen molar-refractivity contribution in [1.82, 2.24) is 0 Å². The summed E-state index contributed by atoms with van der Waals surface area (Å²) in [7, 11) is 0. The minimum Gasteiger partial charge on any atom is -0.396 e. The molecule has 4 N–H and O–H groups in total. The third-order valence-corrected chi connectivity index (χ3v) is 3.65. The van der Waals surface area contributed by atoms with E-state index >= 15 is 0 Å². The molecule has 0 aromatic carbocycles. The zero-order valence-electron chi connectivity index (χ0n) is 11.6. The molecule has 18 heavy (non-hydrogen) atoms. The van der Waals surface area contributed by atoms with Gasteiger partial charge in [0.05, 0.1) is 13.2 Å². The second-order valence-corrected chi connectivity index (χ2v) is 5.35. The third kappa shape index (κ3) is 8.03. The van der Waals surface area contributed by atoms with E-state index in [2.05, 4.69) is 6.92 Å². The fourth-order valence-electron chi connectivity index (χ4n) is 2.24. The normalized spacial score (nSPS) is 18.3. The van der Waals surface area contributed by atoms with Crippen LogP contribution in [0.1, 0.15) is 64.7 Å². The van der Waals surface area contributed by atoms with Crippen molar-refractivity contribution < 1.29 is 20.4 Å². The minimum atomic E-state index is -1.10. The Kier molecular flexibility index (Phi) is 10.6. The van der Waals surface area contributed by atoms with Crippen LogP contribution in [0.15, 0.2) is 0 Å². The molecule has 1 fully saturated rings. The van der Waals surface area contributed by atoms with Gasteiger partial charge in [-0.3, -0.25) is 0 Å². The predicted octanol–water partition coefficient (Wildman–Crippen LogP) is 1.80. The van der Waals surface area contributed by atoms with Gasteiger partial charge in [0.25, 0.3) is 0 Å². The zero-order valence-corrected chi connectivity index (χ0v) is 11.6. The molecular formula is C14H30O4. The Hall–Kier alpha value is -0.160. The van der Waals surface area contributed by atoms with Gasteiger partial charge in [0.15, 0.2) is 6.29 Å². The highest BCUT2D eigenvalue weighted by atomic mass is 16.5. The van der Waals surface area contributed by atoms with Crippen LogP contribution in [0.2, 0.25) is 0 Å². The second-order valence-electron chi connectivity index (χ2n) is 5.35. The lowest BCUT2D eigenvalue weighted by Crippen LogP contribution is -2.31. The van der Waals surface area contributed by atoms with Gasteiger partial charge in [-0.05, 0) is 25.7 Å². The fraction of sp³-hybridized carbons (Fsp3) is 1.00. The molecular weight excluding hydrogens is 232 g/mol. The van der Waals surface area contributed by atoms with Crippen LogP contribution in [0.3, 0.4) is 0 Å². The van der Waals surface area contributed by atoms with Crippen LogP contribution in [0, 0.1) is 5.41 Å². The molecule has 0 saturated heterocycles. The van der Waals surface area contributed by atoms with Crippen LogP contribution in [0.25, 0.3) is 0 Å². The molecule has 1 rings (SSSR count). The summed E-state index contributed by atoms with van der Waals surface area (Å²) in [6, 6.07) is 0. The van der Waals surface area contributed by atoms with Gasteiger partial charge in [-0.15, -0.1) is 0 Å². The average molecular weight is 262 g/mol. The highest BCUT2D eigenvalue weighted by Crippen LogP contribution is 2.34. The van der Waals surface area contributed by atoms with Crippen molar-refractivity contribution in [2.45, 2.75) is 71.0 Å². The molecule has 4 nitrogen and oxygen atoms in total. The van der Waals surface area contributed by atoms with Crippen molar-refractivity contribution in [1.29, 1.82) is 0 Å².